The molecule has 1 aliphatic heterocycles. The van der Waals surface area contributed by atoms with Crippen molar-refractivity contribution < 1.29 is 9.59 Å². The van der Waals surface area contributed by atoms with Crippen LogP contribution in [-0.4, -0.2) is 34.8 Å². The molecule has 4 nitrogen and oxygen atoms in total. The van der Waals surface area contributed by atoms with Crippen LogP contribution < -0.4 is 5.32 Å². The van der Waals surface area contributed by atoms with E-state index in [-0.39, 0.29) is 24.4 Å². The second-order valence-electron chi connectivity index (χ2n) is 6.11. The summed E-state index contributed by atoms with van der Waals surface area (Å²) in [6, 6.07) is 0.127. The Morgan fingerprint density at radius 1 is 1.11 bits per heavy atom. The van der Waals surface area contributed by atoms with Crippen molar-refractivity contribution in [1.82, 2.24) is 10.2 Å². The Labute approximate surface area is 109 Å². The molecule has 2 fully saturated rings. The molecule has 2 amide bonds. The minimum Gasteiger partial charge on any atom is -0.340 e. The molecule has 18 heavy (non-hydrogen) atoms. The Hall–Kier alpha value is -1.06. The van der Waals surface area contributed by atoms with Crippen molar-refractivity contribution in [3.8, 4) is 0 Å². The van der Waals surface area contributed by atoms with Gasteiger partial charge in [-0.2, -0.15) is 0 Å². The summed E-state index contributed by atoms with van der Waals surface area (Å²) < 4.78 is 0. The van der Waals surface area contributed by atoms with Gasteiger partial charge < -0.3 is 10.2 Å². The van der Waals surface area contributed by atoms with Crippen molar-refractivity contribution in [2.45, 2.75) is 64.5 Å². The highest BCUT2D eigenvalue weighted by molar-refractivity contribution is 5.98. The molecule has 1 saturated carbocycles. The number of piperazine rings is 1. The molecular formula is C14H24N2O2. The number of hydrogen-bond donors (Lipinski definition) is 1. The van der Waals surface area contributed by atoms with Gasteiger partial charge in [0, 0.05) is 6.04 Å². The topological polar surface area (TPSA) is 49.4 Å². The molecule has 1 atom stereocenters. The van der Waals surface area contributed by atoms with E-state index in [1.165, 1.54) is 6.42 Å². The fourth-order valence-corrected chi connectivity index (χ4v) is 3.04. The van der Waals surface area contributed by atoms with E-state index in [0.717, 1.165) is 25.7 Å². The number of carbonyl (C=O) groups excluding carboxylic acids is 2. The summed E-state index contributed by atoms with van der Waals surface area (Å²) in [5, 5.41) is 2.98. The van der Waals surface area contributed by atoms with E-state index in [1.807, 2.05) is 6.92 Å². The molecule has 4 heteroatoms. The molecule has 0 bridgehead atoms. The highest BCUT2D eigenvalue weighted by atomic mass is 16.2. The van der Waals surface area contributed by atoms with Gasteiger partial charge in [-0.05, 0) is 25.7 Å². The van der Waals surface area contributed by atoms with Crippen LogP contribution in [0.2, 0.25) is 0 Å². The summed E-state index contributed by atoms with van der Waals surface area (Å²) in [7, 11) is 0. The van der Waals surface area contributed by atoms with Gasteiger partial charge in [-0.15, -0.1) is 0 Å². The largest absolute Gasteiger partial charge is 0.340 e. The number of hydrogen-bond acceptors (Lipinski definition) is 2. The molecular weight excluding hydrogens is 228 g/mol. The maximum absolute atomic E-state index is 12.7. The molecule has 1 N–H and O–H groups in total. The summed E-state index contributed by atoms with van der Waals surface area (Å²) in [6.45, 7) is 6.45. The second-order valence-corrected chi connectivity index (χ2v) is 6.11. The minimum atomic E-state index is -0.587. The normalized spacial score (nSPS) is 25.4. The third kappa shape index (κ3) is 2.25. The van der Waals surface area contributed by atoms with Crippen molar-refractivity contribution in [2.75, 3.05) is 6.54 Å². The Bertz CT molecular complexity index is 346. The molecule has 0 aromatic heterocycles. The number of amides is 2. The summed E-state index contributed by atoms with van der Waals surface area (Å²) in [4.78, 5) is 26.4. The third-order valence-corrected chi connectivity index (χ3v) is 4.53. The lowest BCUT2D eigenvalue weighted by Crippen LogP contribution is -2.69. The number of carbonyl (C=O) groups is 2. The molecule has 2 aliphatic rings. The zero-order chi connectivity index (χ0) is 13.3. The second kappa shape index (κ2) is 4.90. The van der Waals surface area contributed by atoms with Crippen LogP contribution in [0.25, 0.3) is 0 Å². The van der Waals surface area contributed by atoms with Crippen LogP contribution in [0, 0.1) is 5.92 Å². The lowest BCUT2D eigenvalue weighted by molar-refractivity contribution is -0.154. The van der Waals surface area contributed by atoms with Gasteiger partial charge in [0.25, 0.3) is 0 Å². The van der Waals surface area contributed by atoms with Gasteiger partial charge in [-0.3, -0.25) is 9.59 Å². The van der Waals surface area contributed by atoms with Crippen molar-refractivity contribution >= 4 is 11.8 Å². The van der Waals surface area contributed by atoms with Gasteiger partial charge in [0.15, 0.2) is 0 Å². The van der Waals surface area contributed by atoms with E-state index in [2.05, 4.69) is 19.2 Å². The highest BCUT2D eigenvalue weighted by Crippen LogP contribution is 2.33. The molecule has 0 aromatic rings. The van der Waals surface area contributed by atoms with Crippen LogP contribution in [0.5, 0.6) is 0 Å². The molecule has 1 spiro atoms. The van der Waals surface area contributed by atoms with Crippen molar-refractivity contribution in [3.05, 3.63) is 0 Å². The SMILES string of the molecule is CC(C)C(C)N1CC(=O)NC2(CCCCC2)C1=O. The molecule has 102 valence electrons. The van der Waals surface area contributed by atoms with Gasteiger partial charge in [-0.25, -0.2) is 0 Å². The van der Waals surface area contributed by atoms with Crippen LogP contribution in [0.3, 0.4) is 0 Å². The highest BCUT2D eigenvalue weighted by Gasteiger charge is 2.48. The van der Waals surface area contributed by atoms with Crippen molar-refractivity contribution in [1.29, 1.82) is 0 Å². The first-order chi connectivity index (χ1) is 8.46. The molecule has 0 aromatic carbocycles. The predicted octanol–water partition coefficient (Wildman–Crippen LogP) is 1.69. The summed E-state index contributed by atoms with van der Waals surface area (Å²) in [5.41, 5.74) is -0.587. The summed E-state index contributed by atoms with van der Waals surface area (Å²) in [5.74, 6) is 0.521. The van der Waals surface area contributed by atoms with Crippen LogP contribution >= 0.6 is 0 Å². The van der Waals surface area contributed by atoms with Gasteiger partial charge in [0.05, 0.1) is 6.54 Å². The van der Waals surface area contributed by atoms with Gasteiger partial charge in [0.1, 0.15) is 5.54 Å². The first-order valence-electron chi connectivity index (χ1n) is 7.08. The van der Waals surface area contributed by atoms with E-state index in [1.54, 1.807) is 4.90 Å². The number of nitrogens with one attached hydrogen (secondary N) is 1. The zero-order valence-electron chi connectivity index (χ0n) is 11.7. The van der Waals surface area contributed by atoms with Crippen LogP contribution in [0.1, 0.15) is 52.9 Å². The van der Waals surface area contributed by atoms with E-state index >= 15 is 0 Å². The first-order valence-corrected chi connectivity index (χ1v) is 7.08. The first kappa shape index (κ1) is 13.4. The standard InChI is InChI=1S/C14H24N2O2/c1-10(2)11(3)16-9-12(17)15-14(13(16)18)7-5-4-6-8-14/h10-11H,4-9H2,1-3H3,(H,15,17). The third-order valence-electron chi connectivity index (χ3n) is 4.53. The molecule has 1 aliphatic carbocycles. The van der Waals surface area contributed by atoms with E-state index in [0.29, 0.717) is 5.92 Å². The van der Waals surface area contributed by atoms with Gasteiger partial charge >= 0.3 is 0 Å². The minimum absolute atomic E-state index is 0.00370. The van der Waals surface area contributed by atoms with Crippen molar-refractivity contribution in [3.63, 3.8) is 0 Å². The average Bonchev–Trinajstić information content (AvgIpc) is 2.34. The van der Waals surface area contributed by atoms with Crippen LogP contribution in [-0.2, 0) is 9.59 Å². The van der Waals surface area contributed by atoms with E-state index in [9.17, 15) is 9.59 Å². The Kier molecular flexibility index (Phi) is 3.64. The van der Waals surface area contributed by atoms with Gasteiger partial charge in [0.2, 0.25) is 11.8 Å². The van der Waals surface area contributed by atoms with Crippen LogP contribution in [0.15, 0.2) is 0 Å². The maximum atomic E-state index is 12.7. The average molecular weight is 252 g/mol. The van der Waals surface area contributed by atoms with Crippen molar-refractivity contribution in [2.24, 2.45) is 5.92 Å². The van der Waals surface area contributed by atoms with Gasteiger partial charge in [-0.1, -0.05) is 33.1 Å². The summed E-state index contributed by atoms with van der Waals surface area (Å²) in [6.07, 6.45) is 4.86. The Morgan fingerprint density at radius 2 is 1.72 bits per heavy atom. The van der Waals surface area contributed by atoms with E-state index < -0.39 is 5.54 Å². The monoisotopic (exact) mass is 252 g/mol. The molecule has 1 heterocycles. The summed E-state index contributed by atoms with van der Waals surface area (Å²) >= 11 is 0. The predicted molar refractivity (Wildman–Crippen MR) is 70.0 cm³/mol. The molecule has 0 radical (unpaired) electrons. The molecule has 2 rings (SSSR count). The number of rotatable bonds is 2. The lowest BCUT2D eigenvalue weighted by Gasteiger charge is -2.46. The Balaban J connectivity index is 2.22. The lowest BCUT2D eigenvalue weighted by atomic mass is 9.78. The van der Waals surface area contributed by atoms with Crippen LogP contribution in [0.4, 0.5) is 0 Å². The zero-order valence-corrected chi connectivity index (χ0v) is 11.7. The Morgan fingerprint density at radius 3 is 2.28 bits per heavy atom. The van der Waals surface area contributed by atoms with E-state index in [4.69, 9.17) is 0 Å². The fourth-order valence-electron chi connectivity index (χ4n) is 3.04. The quantitative estimate of drug-likeness (QED) is 0.813. The number of nitrogens with zero attached hydrogens (tertiary/aromatic N) is 1. The fraction of sp³-hybridized carbons (Fsp3) is 0.857. The smallest absolute Gasteiger partial charge is 0.249 e. The molecule has 1 unspecified atom stereocenters. The maximum Gasteiger partial charge on any atom is 0.249 e. The molecule has 1 saturated heterocycles.